The van der Waals surface area contributed by atoms with Crippen LogP contribution in [-0.4, -0.2) is 53.5 Å². The van der Waals surface area contributed by atoms with Crippen molar-refractivity contribution in [2.45, 2.75) is 32.7 Å². The van der Waals surface area contributed by atoms with E-state index in [0.29, 0.717) is 6.04 Å². The first-order valence-corrected chi connectivity index (χ1v) is 10.1. The van der Waals surface area contributed by atoms with Crippen LogP contribution in [0.25, 0.3) is 0 Å². The van der Waals surface area contributed by atoms with E-state index >= 15 is 0 Å². The molecule has 1 N–H and O–H groups in total. The Kier molecular flexibility index (Phi) is 4.91. The highest BCUT2D eigenvalue weighted by Gasteiger charge is 2.26. The Hall–Kier alpha value is -1.99. The lowest BCUT2D eigenvalue weighted by Crippen LogP contribution is -2.49. The van der Waals surface area contributed by atoms with Crippen LogP contribution in [0.3, 0.4) is 0 Å². The summed E-state index contributed by atoms with van der Waals surface area (Å²) in [4.78, 5) is 28.2. The number of aromatic nitrogens is 2. The van der Waals surface area contributed by atoms with Crippen LogP contribution in [0.5, 0.6) is 0 Å². The summed E-state index contributed by atoms with van der Waals surface area (Å²) >= 11 is 1.64. The molecule has 6 nitrogen and oxygen atoms in total. The summed E-state index contributed by atoms with van der Waals surface area (Å²) in [5.41, 5.74) is 1.87. The van der Waals surface area contributed by atoms with E-state index in [9.17, 15) is 4.79 Å². The molecule has 2 aromatic rings. The number of carbonyl (C=O) groups excluding carboxylic acids is 1. The maximum absolute atomic E-state index is 12.9. The molecule has 2 aliphatic rings. The third-order valence-corrected chi connectivity index (χ3v) is 6.35. The van der Waals surface area contributed by atoms with E-state index in [-0.39, 0.29) is 5.91 Å². The van der Waals surface area contributed by atoms with E-state index in [0.717, 1.165) is 54.8 Å². The van der Waals surface area contributed by atoms with Gasteiger partial charge < -0.3 is 15.1 Å². The Balaban J connectivity index is 1.40. The number of nitrogens with one attached hydrogen (secondary N) is 1. The van der Waals surface area contributed by atoms with Crippen LogP contribution in [-0.2, 0) is 0 Å². The van der Waals surface area contributed by atoms with Gasteiger partial charge in [-0.1, -0.05) is 0 Å². The molecule has 26 heavy (non-hydrogen) atoms. The van der Waals surface area contributed by atoms with Gasteiger partial charge in [-0.25, -0.2) is 4.98 Å². The van der Waals surface area contributed by atoms with E-state index in [1.54, 1.807) is 17.5 Å². The summed E-state index contributed by atoms with van der Waals surface area (Å²) in [6, 6.07) is 4.54. The van der Waals surface area contributed by atoms with Gasteiger partial charge >= 0.3 is 0 Å². The Morgan fingerprint density at radius 3 is 2.77 bits per heavy atom. The van der Waals surface area contributed by atoms with Gasteiger partial charge in [0.25, 0.3) is 5.91 Å². The van der Waals surface area contributed by atoms with Gasteiger partial charge in [0.05, 0.1) is 16.3 Å². The third-order valence-electron chi connectivity index (χ3n) is 5.16. The zero-order valence-electron chi connectivity index (χ0n) is 15.4. The van der Waals surface area contributed by atoms with Crippen LogP contribution in [0.2, 0.25) is 0 Å². The molecule has 0 saturated carbocycles. The number of aryl methyl sites for hydroxylation is 2. The Labute approximate surface area is 158 Å². The Morgan fingerprint density at radius 1 is 1.23 bits per heavy atom. The molecule has 2 fully saturated rings. The molecule has 4 rings (SSSR count). The lowest BCUT2D eigenvalue weighted by molar-refractivity contribution is 0.0751. The molecule has 1 unspecified atom stereocenters. The Bertz CT molecular complexity index is 791. The highest BCUT2D eigenvalue weighted by molar-refractivity contribution is 7.14. The van der Waals surface area contributed by atoms with Crippen molar-refractivity contribution in [1.29, 1.82) is 0 Å². The summed E-state index contributed by atoms with van der Waals surface area (Å²) in [6.07, 6.45) is 4.19. The number of rotatable bonds is 3. The van der Waals surface area contributed by atoms with E-state index in [1.165, 1.54) is 17.7 Å². The van der Waals surface area contributed by atoms with Crippen LogP contribution >= 0.6 is 11.3 Å². The van der Waals surface area contributed by atoms with Crippen molar-refractivity contribution >= 4 is 23.1 Å². The molecule has 138 valence electrons. The summed E-state index contributed by atoms with van der Waals surface area (Å²) in [6.45, 7) is 8.08. The predicted octanol–water partition coefficient (Wildman–Crippen LogP) is 2.54. The molecule has 0 aliphatic carbocycles. The van der Waals surface area contributed by atoms with E-state index < -0.39 is 0 Å². The van der Waals surface area contributed by atoms with Crippen molar-refractivity contribution in [3.05, 3.63) is 39.5 Å². The van der Waals surface area contributed by atoms with Crippen molar-refractivity contribution in [2.75, 3.05) is 37.6 Å². The third kappa shape index (κ3) is 3.46. The van der Waals surface area contributed by atoms with Crippen LogP contribution in [0.4, 0.5) is 5.82 Å². The van der Waals surface area contributed by atoms with E-state index in [1.807, 2.05) is 24.8 Å². The number of thiophene rings is 1. The van der Waals surface area contributed by atoms with Gasteiger partial charge in [-0.2, -0.15) is 0 Å². The second-order valence-electron chi connectivity index (χ2n) is 7.05. The van der Waals surface area contributed by atoms with Gasteiger partial charge in [0.15, 0.2) is 0 Å². The van der Waals surface area contributed by atoms with Gasteiger partial charge in [-0.3, -0.25) is 9.78 Å². The van der Waals surface area contributed by atoms with Crippen LogP contribution in [0.15, 0.2) is 18.3 Å². The number of hydrogen-bond acceptors (Lipinski definition) is 6. The second-order valence-corrected chi connectivity index (χ2v) is 8.17. The number of carbonyl (C=O) groups is 1. The molecular formula is C19H25N5OS. The number of anilines is 1. The van der Waals surface area contributed by atoms with Crippen LogP contribution < -0.4 is 10.2 Å². The molecule has 0 aromatic carbocycles. The van der Waals surface area contributed by atoms with Gasteiger partial charge in [-0.05, 0) is 45.4 Å². The molecule has 0 bridgehead atoms. The molecule has 2 aliphatic heterocycles. The van der Waals surface area contributed by atoms with Crippen molar-refractivity contribution in [3.8, 4) is 0 Å². The van der Waals surface area contributed by atoms with E-state index in [2.05, 4.69) is 26.3 Å². The molecule has 1 amide bonds. The number of hydrogen-bond donors (Lipinski definition) is 1. The Morgan fingerprint density at radius 2 is 2.04 bits per heavy atom. The number of amides is 1. The SMILES string of the molecule is Cc1cnc(C)c(N2CCN(C(=O)c3ccc(C4CCCN4)s3)CC2)n1. The zero-order valence-corrected chi connectivity index (χ0v) is 16.2. The first-order valence-electron chi connectivity index (χ1n) is 9.29. The van der Waals surface area contributed by atoms with E-state index in [4.69, 9.17) is 0 Å². The van der Waals surface area contributed by atoms with Gasteiger partial charge in [0, 0.05) is 43.3 Å². The molecular weight excluding hydrogens is 346 g/mol. The van der Waals surface area contributed by atoms with Crippen LogP contribution in [0, 0.1) is 13.8 Å². The molecule has 2 saturated heterocycles. The van der Waals surface area contributed by atoms with Crippen molar-refractivity contribution in [2.24, 2.45) is 0 Å². The quantitative estimate of drug-likeness (QED) is 0.898. The lowest BCUT2D eigenvalue weighted by Gasteiger charge is -2.35. The summed E-state index contributed by atoms with van der Waals surface area (Å²) < 4.78 is 0. The van der Waals surface area contributed by atoms with Crippen molar-refractivity contribution in [1.82, 2.24) is 20.2 Å². The van der Waals surface area contributed by atoms with Gasteiger partial charge in [0.1, 0.15) is 5.82 Å². The van der Waals surface area contributed by atoms with Gasteiger partial charge in [-0.15, -0.1) is 11.3 Å². The fourth-order valence-electron chi connectivity index (χ4n) is 3.68. The van der Waals surface area contributed by atoms with Crippen LogP contribution in [0.1, 0.15) is 44.8 Å². The summed E-state index contributed by atoms with van der Waals surface area (Å²) in [7, 11) is 0. The monoisotopic (exact) mass is 371 g/mol. The molecule has 0 radical (unpaired) electrons. The first-order chi connectivity index (χ1) is 12.6. The lowest BCUT2D eigenvalue weighted by atomic mass is 10.2. The standard InChI is InChI=1S/C19H25N5OS/c1-13-12-21-14(2)18(22-13)23-8-10-24(11-9-23)19(25)17-6-5-16(26-17)15-4-3-7-20-15/h5-6,12,15,20H,3-4,7-11H2,1-2H3. The molecule has 1 atom stereocenters. The predicted molar refractivity (Wildman–Crippen MR) is 104 cm³/mol. The minimum atomic E-state index is 0.158. The highest BCUT2D eigenvalue weighted by atomic mass is 32.1. The topological polar surface area (TPSA) is 61.4 Å². The smallest absolute Gasteiger partial charge is 0.264 e. The maximum Gasteiger partial charge on any atom is 0.264 e. The fourth-order valence-corrected chi connectivity index (χ4v) is 4.77. The molecule has 4 heterocycles. The van der Waals surface area contributed by atoms with Gasteiger partial charge in [0.2, 0.25) is 0 Å². The number of piperazine rings is 1. The number of nitrogens with zero attached hydrogens (tertiary/aromatic N) is 4. The van der Waals surface area contributed by atoms with Crippen molar-refractivity contribution < 1.29 is 4.79 Å². The molecule has 0 spiro atoms. The zero-order chi connectivity index (χ0) is 18.1. The molecule has 2 aromatic heterocycles. The summed E-state index contributed by atoms with van der Waals surface area (Å²) in [5, 5.41) is 3.50. The second kappa shape index (κ2) is 7.32. The summed E-state index contributed by atoms with van der Waals surface area (Å²) in [5.74, 6) is 1.11. The minimum absolute atomic E-state index is 0.158. The minimum Gasteiger partial charge on any atom is -0.352 e. The first kappa shape index (κ1) is 17.4. The fraction of sp³-hybridized carbons (Fsp3) is 0.526. The largest absolute Gasteiger partial charge is 0.352 e. The van der Waals surface area contributed by atoms with Crippen molar-refractivity contribution in [3.63, 3.8) is 0 Å². The normalized spacial score (nSPS) is 20.6. The average molecular weight is 372 g/mol. The average Bonchev–Trinajstić information content (AvgIpc) is 3.35. The highest BCUT2D eigenvalue weighted by Crippen LogP contribution is 2.30. The molecule has 7 heteroatoms. The maximum atomic E-state index is 12.9.